The van der Waals surface area contributed by atoms with Crippen LogP contribution in [0.4, 0.5) is 6.01 Å². The maximum absolute atomic E-state index is 12.3. The van der Waals surface area contributed by atoms with Crippen LogP contribution in [0.2, 0.25) is 0 Å². The van der Waals surface area contributed by atoms with Crippen molar-refractivity contribution < 1.29 is 18.8 Å². The zero-order chi connectivity index (χ0) is 19.8. The summed E-state index contributed by atoms with van der Waals surface area (Å²) in [4.78, 5) is 37.8. The summed E-state index contributed by atoms with van der Waals surface area (Å²) in [5.41, 5.74) is 3.41. The van der Waals surface area contributed by atoms with Crippen molar-refractivity contribution in [1.29, 1.82) is 0 Å². The molecule has 8 heteroatoms. The van der Waals surface area contributed by atoms with Gasteiger partial charge < -0.3 is 4.42 Å². The third-order valence-electron chi connectivity index (χ3n) is 4.46. The molecule has 0 fully saturated rings. The van der Waals surface area contributed by atoms with Crippen molar-refractivity contribution in [2.75, 3.05) is 11.9 Å². The van der Waals surface area contributed by atoms with E-state index >= 15 is 0 Å². The first-order chi connectivity index (χ1) is 13.4. The van der Waals surface area contributed by atoms with E-state index in [-0.39, 0.29) is 23.0 Å². The quantitative estimate of drug-likeness (QED) is 0.702. The fourth-order valence-electron chi connectivity index (χ4n) is 3.12. The number of anilines is 1. The second-order valence-corrected chi connectivity index (χ2v) is 6.52. The molecule has 0 atom stereocenters. The van der Waals surface area contributed by atoms with Crippen molar-refractivity contribution in [3.05, 3.63) is 64.7 Å². The van der Waals surface area contributed by atoms with Crippen LogP contribution in [0.1, 0.15) is 31.8 Å². The van der Waals surface area contributed by atoms with Crippen LogP contribution in [0.15, 0.2) is 46.9 Å². The van der Waals surface area contributed by atoms with E-state index in [4.69, 9.17) is 4.42 Å². The molecule has 28 heavy (non-hydrogen) atoms. The van der Waals surface area contributed by atoms with E-state index in [2.05, 4.69) is 15.5 Å². The second kappa shape index (κ2) is 6.73. The first-order valence-electron chi connectivity index (χ1n) is 8.60. The molecule has 1 aromatic heterocycles. The lowest BCUT2D eigenvalue weighted by Gasteiger charge is -2.12. The van der Waals surface area contributed by atoms with E-state index in [9.17, 15) is 14.4 Å². The Hall–Kier alpha value is -3.81. The fourth-order valence-corrected chi connectivity index (χ4v) is 3.12. The fraction of sp³-hybridized carbons (Fsp3) is 0.150. The summed E-state index contributed by atoms with van der Waals surface area (Å²) >= 11 is 0. The standard InChI is InChI=1S/C20H16N4O4/c1-11-7-8-13(12(2)9-11)17-22-23-20(28-17)21-16(25)10-24-18(26)14-5-3-4-6-15(14)19(24)27/h3-9H,10H2,1-2H3,(H,21,23,25). The molecule has 1 aliphatic heterocycles. The highest BCUT2D eigenvalue weighted by Crippen LogP contribution is 2.25. The molecule has 0 bridgehead atoms. The van der Waals surface area contributed by atoms with E-state index in [1.807, 2.05) is 32.0 Å². The summed E-state index contributed by atoms with van der Waals surface area (Å²) in [5.74, 6) is -1.34. The van der Waals surface area contributed by atoms with Gasteiger partial charge in [0.25, 0.3) is 11.8 Å². The molecular weight excluding hydrogens is 360 g/mol. The van der Waals surface area contributed by atoms with Gasteiger partial charge in [-0.3, -0.25) is 24.6 Å². The van der Waals surface area contributed by atoms with Gasteiger partial charge in [-0.15, -0.1) is 5.10 Å². The van der Waals surface area contributed by atoms with Gasteiger partial charge in [0.1, 0.15) is 6.54 Å². The highest BCUT2D eigenvalue weighted by Gasteiger charge is 2.36. The predicted molar refractivity (Wildman–Crippen MR) is 99.6 cm³/mol. The number of carbonyl (C=O) groups excluding carboxylic acids is 3. The van der Waals surface area contributed by atoms with E-state index in [1.54, 1.807) is 24.3 Å². The highest BCUT2D eigenvalue weighted by molar-refractivity contribution is 6.22. The van der Waals surface area contributed by atoms with E-state index in [0.717, 1.165) is 21.6 Å². The average molecular weight is 376 g/mol. The van der Waals surface area contributed by atoms with Crippen molar-refractivity contribution in [2.24, 2.45) is 0 Å². The van der Waals surface area contributed by atoms with Gasteiger partial charge >= 0.3 is 6.01 Å². The minimum absolute atomic E-state index is 0.100. The molecule has 0 spiro atoms. The number of nitrogens with one attached hydrogen (secondary N) is 1. The number of benzene rings is 2. The summed E-state index contributed by atoms with van der Waals surface area (Å²) in [6.45, 7) is 3.47. The van der Waals surface area contributed by atoms with Crippen LogP contribution in [-0.2, 0) is 4.79 Å². The molecule has 0 radical (unpaired) electrons. The number of aromatic nitrogens is 2. The van der Waals surface area contributed by atoms with Crippen molar-refractivity contribution in [1.82, 2.24) is 15.1 Å². The molecule has 1 aliphatic rings. The summed E-state index contributed by atoms with van der Waals surface area (Å²) in [6.07, 6.45) is 0. The number of nitrogens with zero attached hydrogens (tertiary/aromatic N) is 3. The minimum Gasteiger partial charge on any atom is -0.403 e. The topological polar surface area (TPSA) is 105 Å². The molecule has 3 amide bonds. The molecular formula is C20H16N4O4. The monoisotopic (exact) mass is 376 g/mol. The molecule has 1 N–H and O–H groups in total. The van der Waals surface area contributed by atoms with Gasteiger partial charge in [0, 0.05) is 5.56 Å². The summed E-state index contributed by atoms with van der Waals surface area (Å²) < 4.78 is 5.50. The smallest absolute Gasteiger partial charge is 0.322 e. The van der Waals surface area contributed by atoms with Crippen LogP contribution in [0.25, 0.3) is 11.5 Å². The summed E-state index contributed by atoms with van der Waals surface area (Å²) in [6, 6.07) is 12.1. The maximum atomic E-state index is 12.3. The first-order valence-corrected chi connectivity index (χ1v) is 8.60. The molecule has 2 aromatic carbocycles. The Labute approximate surface area is 160 Å². The van der Waals surface area contributed by atoms with Crippen LogP contribution < -0.4 is 5.32 Å². The van der Waals surface area contributed by atoms with Gasteiger partial charge in [0.05, 0.1) is 11.1 Å². The molecule has 140 valence electrons. The highest BCUT2D eigenvalue weighted by atomic mass is 16.4. The van der Waals surface area contributed by atoms with Crippen molar-refractivity contribution >= 4 is 23.7 Å². The molecule has 2 heterocycles. The molecule has 0 aliphatic carbocycles. The van der Waals surface area contributed by atoms with Gasteiger partial charge in [0.15, 0.2) is 0 Å². The Morgan fingerprint density at radius 2 is 1.68 bits per heavy atom. The lowest BCUT2D eigenvalue weighted by atomic mass is 10.1. The molecule has 0 saturated heterocycles. The SMILES string of the molecule is Cc1ccc(-c2nnc(NC(=O)CN3C(=O)c4ccccc4C3=O)o2)c(C)c1. The third kappa shape index (κ3) is 3.05. The van der Waals surface area contributed by atoms with Gasteiger partial charge in [0.2, 0.25) is 11.8 Å². The van der Waals surface area contributed by atoms with Gasteiger partial charge in [-0.05, 0) is 37.6 Å². The van der Waals surface area contributed by atoms with Crippen LogP contribution in [0, 0.1) is 13.8 Å². The number of carbonyl (C=O) groups is 3. The maximum Gasteiger partial charge on any atom is 0.322 e. The normalized spacial score (nSPS) is 13.0. The Morgan fingerprint density at radius 3 is 2.32 bits per heavy atom. The van der Waals surface area contributed by atoms with Crippen LogP contribution >= 0.6 is 0 Å². The van der Waals surface area contributed by atoms with Crippen molar-refractivity contribution in [2.45, 2.75) is 13.8 Å². The summed E-state index contributed by atoms with van der Waals surface area (Å²) in [5, 5.41) is 10.2. The van der Waals surface area contributed by atoms with E-state index in [0.29, 0.717) is 0 Å². The van der Waals surface area contributed by atoms with Crippen molar-refractivity contribution in [3.8, 4) is 11.5 Å². The van der Waals surface area contributed by atoms with Gasteiger partial charge in [-0.25, -0.2) is 0 Å². The summed E-state index contributed by atoms with van der Waals surface area (Å²) in [7, 11) is 0. The minimum atomic E-state index is -0.606. The zero-order valence-corrected chi connectivity index (χ0v) is 15.2. The predicted octanol–water partition coefficient (Wildman–Crippen LogP) is 2.59. The number of rotatable bonds is 4. The number of hydrogen-bond acceptors (Lipinski definition) is 6. The van der Waals surface area contributed by atoms with E-state index < -0.39 is 24.3 Å². The number of hydrogen-bond donors (Lipinski definition) is 1. The molecule has 0 unspecified atom stereocenters. The molecule has 0 saturated carbocycles. The number of fused-ring (bicyclic) bond motifs is 1. The molecule has 8 nitrogen and oxygen atoms in total. The van der Waals surface area contributed by atoms with Crippen LogP contribution in [0.3, 0.4) is 0 Å². The average Bonchev–Trinajstić information content (AvgIpc) is 3.21. The lowest BCUT2D eigenvalue weighted by Crippen LogP contribution is -2.37. The largest absolute Gasteiger partial charge is 0.403 e. The van der Waals surface area contributed by atoms with Crippen LogP contribution in [-0.4, -0.2) is 39.4 Å². The second-order valence-electron chi connectivity index (χ2n) is 6.52. The van der Waals surface area contributed by atoms with Gasteiger partial charge in [-0.1, -0.05) is 34.9 Å². The molecule has 3 aromatic rings. The molecule has 4 rings (SSSR count). The number of imide groups is 1. The van der Waals surface area contributed by atoms with Crippen molar-refractivity contribution in [3.63, 3.8) is 0 Å². The first kappa shape index (κ1) is 17.6. The Balaban J connectivity index is 1.46. The Morgan fingerprint density at radius 1 is 1.00 bits per heavy atom. The Bertz CT molecular complexity index is 1080. The third-order valence-corrected chi connectivity index (χ3v) is 4.46. The van der Waals surface area contributed by atoms with Gasteiger partial charge in [-0.2, -0.15) is 0 Å². The van der Waals surface area contributed by atoms with Crippen LogP contribution in [0.5, 0.6) is 0 Å². The number of aryl methyl sites for hydroxylation is 2. The zero-order valence-electron chi connectivity index (χ0n) is 15.2. The lowest BCUT2D eigenvalue weighted by molar-refractivity contribution is -0.116. The van der Waals surface area contributed by atoms with E-state index in [1.165, 1.54) is 0 Å². The Kier molecular flexibility index (Phi) is 4.23. The number of amides is 3.